The fourth-order valence-corrected chi connectivity index (χ4v) is 2.21. The van der Waals surface area contributed by atoms with Gasteiger partial charge in [0.05, 0.1) is 10.6 Å². The number of esters is 1. The third-order valence-corrected chi connectivity index (χ3v) is 3.77. The van der Waals surface area contributed by atoms with Gasteiger partial charge in [-0.3, -0.25) is 4.79 Å². The van der Waals surface area contributed by atoms with Crippen LogP contribution in [0.2, 0.25) is 10.0 Å². The van der Waals surface area contributed by atoms with Crippen molar-refractivity contribution in [1.29, 1.82) is 0 Å². The normalized spacial score (nSPS) is 12.2. The van der Waals surface area contributed by atoms with Gasteiger partial charge < -0.3 is 14.8 Å². The number of alkyl halides is 3. The molecule has 0 aliphatic heterocycles. The van der Waals surface area contributed by atoms with Gasteiger partial charge in [-0.25, -0.2) is 9.78 Å². The minimum Gasteiger partial charge on any atom is -0.479 e. The molecule has 0 aliphatic carbocycles. The van der Waals surface area contributed by atoms with Gasteiger partial charge >= 0.3 is 12.1 Å². The van der Waals surface area contributed by atoms with Crippen LogP contribution in [-0.4, -0.2) is 29.6 Å². The standard InChI is InChI=1S/C17H13Cl2F3N2O4/c1-9(28-12-4-2-11(18)3-5-12)16(26)27-8-14(25)24-15-13(19)6-10(7-23-15)17(20,21)22/h2-7,9H,8H2,1H3,(H,23,24,25)/t9-/m1/s1. The van der Waals surface area contributed by atoms with Crippen molar-refractivity contribution >= 4 is 40.9 Å². The second kappa shape index (κ2) is 9.11. The maximum atomic E-state index is 12.6. The number of carbonyl (C=O) groups excluding carboxylic acids is 2. The van der Waals surface area contributed by atoms with Gasteiger partial charge in [0.2, 0.25) is 0 Å². The Morgan fingerprint density at radius 3 is 2.43 bits per heavy atom. The Morgan fingerprint density at radius 1 is 1.21 bits per heavy atom. The van der Waals surface area contributed by atoms with E-state index in [9.17, 15) is 22.8 Å². The molecule has 0 fully saturated rings. The molecule has 150 valence electrons. The van der Waals surface area contributed by atoms with Crippen molar-refractivity contribution in [2.75, 3.05) is 11.9 Å². The highest BCUT2D eigenvalue weighted by Crippen LogP contribution is 2.32. The molecule has 1 aromatic heterocycles. The average molecular weight is 437 g/mol. The van der Waals surface area contributed by atoms with Gasteiger partial charge in [-0.2, -0.15) is 13.2 Å². The first-order valence-electron chi connectivity index (χ1n) is 7.67. The van der Waals surface area contributed by atoms with Crippen LogP contribution in [0.25, 0.3) is 0 Å². The van der Waals surface area contributed by atoms with Gasteiger partial charge in [0.1, 0.15) is 5.75 Å². The molecule has 2 rings (SSSR count). The number of amides is 1. The molecule has 0 bridgehead atoms. The molecule has 0 radical (unpaired) electrons. The van der Waals surface area contributed by atoms with Crippen molar-refractivity contribution in [2.24, 2.45) is 0 Å². The van der Waals surface area contributed by atoms with Crippen LogP contribution < -0.4 is 10.1 Å². The number of ether oxygens (including phenoxy) is 2. The number of rotatable bonds is 6. The monoisotopic (exact) mass is 436 g/mol. The van der Waals surface area contributed by atoms with E-state index < -0.39 is 41.3 Å². The summed E-state index contributed by atoms with van der Waals surface area (Å²) in [6.45, 7) is 0.718. The van der Waals surface area contributed by atoms with Crippen LogP contribution in [0.15, 0.2) is 36.5 Å². The summed E-state index contributed by atoms with van der Waals surface area (Å²) in [5.41, 5.74) is -1.06. The van der Waals surface area contributed by atoms with Crippen molar-refractivity contribution in [3.8, 4) is 5.75 Å². The van der Waals surface area contributed by atoms with Crippen molar-refractivity contribution in [2.45, 2.75) is 19.2 Å². The van der Waals surface area contributed by atoms with Crippen LogP contribution in [0.1, 0.15) is 12.5 Å². The summed E-state index contributed by atoms with van der Waals surface area (Å²) in [6.07, 6.45) is -5.11. The molecule has 2 aromatic rings. The quantitative estimate of drug-likeness (QED) is 0.680. The molecule has 0 spiro atoms. The third-order valence-electron chi connectivity index (χ3n) is 3.23. The zero-order valence-electron chi connectivity index (χ0n) is 14.2. The molecule has 1 atom stereocenters. The summed E-state index contributed by atoms with van der Waals surface area (Å²) in [7, 11) is 0. The lowest BCUT2D eigenvalue weighted by Gasteiger charge is -2.14. The smallest absolute Gasteiger partial charge is 0.417 e. The van der Waals surface area contributed by atoms with Crippen LogP contribution in [-0.2, 0) is 20.5 Å². The van der Waals surface area contributed by atoms with E-state index in [4.69, 9.17) is 32.7 Å². The van der Waals surface area contributed by atoms with Crippen molar-refractivity contribution < 1.29 is 32.2 Å². The molecule has 0 unspecified atom stereocenters. The number of benzene rings is 1. The summed E-state index contributed by atoms with van der Waals surface area (Å²) in [5.74, 6) is -1.57. The molecule has 1 aromatic carbocycles. The predicted molar refractivity (Wildman–Crippen MR) is 95.4 cm³/mol. The third kappa shape index (κ3) is 6.28. The second-order valence-corrected chi connectivity index (χ2v) is 6.27. The number of carbonyl (C=O) groups is 2. The van der Waals surface area contributed by atoms with Crippen LogP contribution in [0, 0.1) is 0 Å². The van der Waals surface area contributed by atoms with Gasteiger partial charge in [-0.05, 0) is 37.3 Å². The van der Waals surface area contributed by atoms with Crippen LogP contribution >= 0.6 is 23.2 Å². The maximum absolute atomic E-state index is 12.6. The number of anilines is 1. The molecule has 1 heterocycles. The fourth-order valence-electron chi connectivity index (χ4n) is 1.87. The van der Waals surface area contributed by atoms with Gasteiger partial charge in [-0.1, -0.05) is 23.2 Å². The van der Waals surface area contributed by atoms with E-state index in [1.807, 2.05) is 0 Å². The number of hydrogen-bond donors (Lipinski definition) is 1. The van der Waals surface area contributed by atoms with Gasteiger partial charge in [0.15, 0.2) is 18.5 Å². The highest BCUT2D eigenvalue weighted by Gasteiger charge is 2.31. The number of halogens is 5. The Hall–Kier alpha value is -2.52. The predicted octanol–water partition coefficient (Wildman–Crippen LogP) is 4.36. The van der Waals surface area contributed by atoms with E-state index in [0.717, 1.165) is 0 Å². The Morgan fingerprint density at radius 2 is 1.86 bits per heavy atom. The SMILES string of the molecule is C[C@@H](Oc1ccc(Cl)cc1)C(=O)OCC(=O)Nc1ncc(C(F)(F)F)cc1Cl. The van der Waals surface area contributed by atoms with Gasteiger partial charge in [-0.15, -0.1) is 0 Å². The minimum atomic E-state index is -4.62. The minimum absolute atomic E-state index is 0.291. The Balaban J connectivity index is 1.86. The van der Waals surface area contributed by atoms with Crippen molar-refractivity contribution in [3.63, 3.8) is 0 Å². The second-order valence-electron chi connectivity index (χ2n) is 5.42. The summed E-state index contributed by atoms with van der Waals surface area (Å²) in [6, 6.07) is 6.87. The number of nitrogens with one attached hydrogen (secondary N) is 1. The average Bonchev–Trinajstić information content (AvgIpc) is 2.62. The fraction of sp³-hybridized carbons (Fsp3) is 0.235. The number of pyridine rings is 1. The lowest BCUT2D eigenvalue weighted by atomic mass is 10.3. The van der Waals surface area contributed by atoms with Crippen LogP contribution in [0.3, 0.4) is 0 Å². The van der Waals surface area contributed by atoms with Gasteiger partial charge in [0.25, 0.3) is 5.91 Å². The molecule has 0 aliphatic rings. The molecule has 6 nitrogen and oxygen atoms in total. The topological polar surface area (TPSA) is 77.5 Å². The van der Waals surface area contributed by atoms with E-state index >= 15 is 0 Å². The summed E-state index contributed by atoms with van der Waals surface area (Å²) < 4.78 is 47.8. The van der Waals surface area contributed by atoms with Crippen LogP contribution in [0.4, 0.5) is 19.0 Å². The Labute approximate surface area is 167 Å². The van der Waals surface area contributed by atoms with E-state index in [1.54, 1.807) is 24.3 Å². The molecule has 11 heteroatoms. The molecule has 28 heavy (non-hydrogen) atoms. The molecule has 1 amide bonds. The highest BCUT2D eigenvalue weighted by atomic mass is 35.5. The maximum Gasteiger partial charge on any atom is 0.417 e. The molecule has 0 saturated carbocycles. The highest BCUT2D eigenvalue weighted by molar-refractivity contribution is 6.33. The number of nitrogens with zero attached hydrogens (tertiary/aromatic N) is 1. The zero-order valence-corrected chi connectivity index (χ0v) is 15.7. The molecule has 0 saturated heterocycles. The number of hydrogen-bond acceptors (Lipinski definition) is 5. The number of aromatic nitrogens is 1. The first-order valence-corrected chi connectivity index (χ1v) is 8.43. The van der Waals surface area contributed by atoms with E-state index in [0.29, 0.717) is 23.0 Å². The van der Waals surface area contributed by atoms with Crippen molar-refractivity contribution in [1.82, 2.24) is 4.98 Å². The Bertz CT molecular complexity index is 860. The molecular formula is C17H13Cl2F3N2O4. The Kier molecular flexibility index (Phi) is 7.09. The van der Waals surface area contributed by atoms with Crippen molar-refractivity contribution in [3.05, 3.63) is 52.1 Å². The van der Waals surface area contributed by atoms with E-state index in [1.165, 1.54) is 6.92 Å². The first kappa shape index (κ1) is 21.8. The first-order chi connectivity index (χ1) is 13.1. The zero-order chi connectivity index (χ0) is 20.9. The lowest BCUT2D eigenvalue weighted by Crippen LogP contribution is -2.30. The van der Waals surface area contributed by atoms with E-state index in [-0.39, 0.29) is 5.82 Å². The van der Waals surface area contributed by atoms with Crippen LogP contribution in [0.5, 0.6) is 5.75 Å². The largest absolute Gasteiger partial charge is 0.479 e. The van der Waals surface area contributed by atoms with Gasteiger partial charge in [0, 0.05) is 11.2 Å². The summed E-state index contributed by atoms with van der Waals surface area (Å²) in [4.78, 5) is 27.1. The summed E-state index contributed by atoms with van der Waals surface area (Å²) >= 11 is 11.4. The lowest BCUT2D eigenvalue weighted by molar-refractivity contribution is -0.153. The molecular weight excluding hydrogens is 424 g/mol. The van der Waals surface area contributed by atoms with E-state index in [2.05, 4.69) is 10.3 Å². The molecule has 1 N–H and O–H groups in total. The summed E-state index contributed by atoms with van der Waals surface area (Å²) in [5, 5.41) is 2.24.